The number of aryl methyl sites for hydroxylation is 1. The number of thiophene rings is 1. The molecule has 3 heteroatoms. The van der Waals surface area contributed by atoms with Crippen LogP contribution in [-0.2, 0) is 0 Å². The van der Waals surface area contributed by atoms with Crippen molar-refractivity contribution in [2.75, 3.05) is 6.54 Å². The predicted molar refractivity (Wildman–Crippen MR) is 78.1 cm³/mol. The molecule has 0 fully saturated rings. The maximum absolute atomic E-state index is 4.10. The molecule has 0 bridgehead atoms. The van der Waals surface area contributed by atoms with Crippen molar-refractivity contribution in [3.05, 3.63) is 52.0 Å². The zero-order chi connectivity index (χ0) is 13.0. The summed E-state index contributed by atoms with van der Waals surface area (Å²) in [4.78, 5) is 5.54. The van der Waals surface area contributed by atoms with Gasteiger partial charge >= 0.3 is 0 Å². The van der Waals surface area contributed by atoms with Gasteiger partial charge in [0.2, 0.25) is 0 Å². The number of hydrogen-bond acceptors (Lipinski definition) is 3. The maximum atomic E-state index is 4.10. The van der Waals surface area contributed by atoms with E-state index >= 15 is 0 Å². The first-order valence-electron chi connectivity index (χ1n) is 6.41. The third-order valence-electron chi connectivity index (χ3n) is 3.34. The van der Waals surface area contributed by atoms with Crippen LogP contribution in [-0.4, -0.2) is 11.5 Å². The Morgan fingerprint density at radius 1 is 1.28 bits per heavy atom. The van der Waals surface area contributed by atoms with Gasteiger partial charge in [-0.15, -0.1) is 11.3 Å². The zero-order valence-corrected chi connectivity index (χ0v) is 12.0. The normalized spacial score (nSPS) is 14.4. The Hall–Kier alpha value is -1.19. The number of nitrogens with zero attached hydrogens (tertiary/aromatic N) is 1. The van der Waals surface area contributed by atoms with Crippen molar-refractivity contribution in [1.29, 1.82) is 0 Å². The van der Waals surface area contributed by atoms with Gasteiger partial charge in [-0.2, -0.15) is 0 Å². The lowest BCUT2D eigenvalue weighted by Crippen LogP contribution is -2.25. The minimum Gasteiger partial charge on any atom is -0.309 e. The molecule has 0 amide bonds. The van der Waals surface area contributed by atoms with Crippen molar-refractivity contribution in [2.45, 2.75) is 32.7 Å². The van der Waals surface area contributed by atoms with Gasteiger partial charge in [-0.1, -0.05) is 13.8 Å². The lowest BCUT2D eigenvalue weighted by molar-refractivity contribution is 0.484. The molecule has 18 heavy (non-hydrogen) atoms. The molecule has 0 radical (unpaired) electrons. The fourth-order valence-corrected chi connectivity index (χ4v) is 3.39. The Morgan fingerprint density at radius 2 is 2.00 bits per heavy atom. The number of hydrogen-bond donors (Lipinski definition) is 1. The lowest BCUT2D eigenvalue weighted by Gasteiger charge is -2.25. The first-order valence-corrected chi connectivity index (χ1v) is 7.29. The highest BCUT2D eigenvalue weighted by Crippen LogP contribution is 2.34. The molecule has 0 aliphatic carbocycles. The molecule has 0 aliphatic rings. The molecule has 0 spiro atoms. The molecule has 0 saturated heterocycles. The van der Waals surface area contributed by atoms with Crippen LogP contribution in [0.25, 0.3) is 0 Å². The number of aromatic nitrogens is 1. The second-order valence-electron chi connectivity index (χ2n) is 4.57. The van der Waals surface area contributed by atoms with E-state index in [1.54, 1.807) is 0 Å². The molecule has 2 atom stereocenters. The smallest absolute Gasteiger partial charge is 0.0484 e. The molecule has 2 nitrogen and oxygen atoms in total. The van der Waals surface area contributed by atoms with Gasteiger partial charge in [0.25, 0.3) is 0 Å². The molecule has 0 saturated carbocycles. The van der Waals surface area contributed by atoms with Gasteiger partial charge in [0.05, 0.1) is 0 Å². The van der Waals surface area contributed by atoms with E-state index in [2.05, 4.69) is 54.7 Å². The van der Waals surface area contributed by atoms with Crippen LogP contribution in [0.2, 0.25) is 0 Å². The lowest BCUT2D eigenvalue weighted by atomic mass is 9.92. The Labute approximate surface area is 113 Å². The highest BCUT2D eigenvalue weighted by atomic mass is 32.1. The standard InChI is InChI=1S/C15H20N2S/c1-4-17-14(15-11(2)7-10-18-15)12(3)13-5-8-16-9-6-13/h5-10,12,14,17H,4H2,1-3H3. The highest BCUT2D eigenvalue weighted by molar-refractivity contribution is 7.10. The molecular formula is C15H20N2S. The SMILES string of the molecule is CCNC(c1sccc1C)C(C)c1ccncc1. The summed E-state index contributed by atoms with van der Waals surface area (Å²) in [7, 11) is 0. The number of likely N-dealkylation sites (N-methyl/N-ethyl adjacent to an activating group) is 1. The molecule has 2 aromatic rings. The predicted octanol–water partition coefficient (Wildman–Crippen LogP) is 3.91. The third kappa shape index (κ3) is 2.79. The Morgan fingerprint density at radius 3 is 2.56 bits per heavy atom. The van der Waals surface area contributed by atoms with Gasteiger partial charge in [0.15, 0.2) is 0 Å². The molecule has 2 unspecified atom stereocenters. The minimum atomic E-state index is 0.386. The second kappa shape index (κ2) is 6.12. The Kier molecular flexibility index (Phi) is 4.50. The average molecular weight is 260 g/mol. The second-order valence-corrected chi connectivity index (χ2v) is 5.52. The zero-order valence-electron chi connectivity index (χ0n) is 11.2. The van der Waals surface area contributed by atoms with Crippen LogP contribution in [0.15, 0.2) is 36.0 Å². The summed E-state index contributed by atoms with van der Waals surface area (Å²) in [6.07, 6.45) is 3.74. The van der Waals surface area contributed by atoms with Crippen molar-refractivity contribution in [2.24, 2.45) is 0 Å². The summed E-state index contributed by atoms with van der Waals surface area (Å²) in [5, 5.41) is 5.79. The van der Waals surface area contributed by atoms with Crippen LogP contribution < -0.4 is 5.32 Å². The monoisotopic (exact) mass is 260 g/mol. The van der Waals surface area contributed by atoms with Gasteiger partial charge in [0.1, 0.15) is 0 Å². The summed E-state index contributed by atoms with van der Waals surface area (Å²) in [6, 6.07) is 6.80. The van der Waals surface area contributed by atoms with E-state index in [0.717, 1.165) is 6.54 Å². The molecular weight excluding hydrogens is 240 g/mol. The van der Waals surface area contributed by atoms with Crippen molar-refractivity contribution in [3.63, 3.8) is 0 Å². The van der Waals surface area contributed by atoms with Gasteiger partial charge in [-0.3, -0.25) is 4.98 Å². The Bertz CT molecular complexity index is 478. The van der Waals surface area contributed by atoms with Gasteiger partial charge in [-0.05, 0) is 48.2 Å². The molecule has 0 aromatic carbocycles. The van der Waals surface area contributed by atoms with E-state index < -0.39 is 0 Å². The van der Waals surface area contributed by atoms with E-state index in [1.165, 1.54) is 16.0 Å². The van der Waals surface area contributed by atoms with Crippen LogP contribution in [0.1, 0.15) is 41.8 Å². The van der Waals surface area contributed by atoms with Crippen molar-refractivity contribution in [1.82, 2.24) is 10.3 Å². The van der Waals surface area contributed by atoms with E-state index in [0.29, 0.717) is 12.0 Å². The van der Waals surface area contributed by atoms with Crippen molar-refractivity contribution < 1.29 is 0 Å². The summed E-state index contributed by atoms with van der Waals surface area (Å²) in [6.45, 7) is 7.61. The van der Waals surface area contributed by atoms with E-state index in [4.69, 9.17) is 0 Å². The van der Waals surface area contributed by atoms with Crippen molar-refractivity contribution in [3.8, 4) is 0 Å². The first-order chi connectivity index (χ1) is 8.74. The number of rotatable bonds is 5. The van der Waals surface area contributed by atoms with Crippen LogP contribution >= 0.6 is 11.3 Å². The van der Waals surface area contributed by atoms with Gasteiger partial charge in [0, 0.05) is 29.2 Å². The Balaban J connectivity index is 2.28. The third-order valence-corrected chi connectivity index (χ3v) is 4.44. The quantitative estimate of drug-likeness (QED) is 0.881. The van der Waals surface area contributed by atoms with Gasteiger partial charge < -0.3 is 5.32 Å². The van der Waals surface area contributed by atoms with Crippen LogP contribution in [0.5, 0.6) is 0 Å². The fourth-order valence-electron chi connectivity index (χ4n) is 2.28. The first kappa shape index (κ1) is 13.2. The molecule has 0 aliphatic heterocycles. The number of pyridine rings is 1. The van der Waals surface area contributed by atoms with Crippen LogP contribution in [0.4, 0.5) is 0 Å². The largest absolute Gasteiger partial charge is 0.309 e. The van der Waals surface area contributed by atoms with E-state index in [-0.39, 0.29) is 0 Å². The molecule has 2 aromatic heterocycles. The summed E-state index contributed by atoms with van der Waals surface area (Å²) in [5.74, 6) is 0.449. The van der Waals surface area contributed by atoms with Crippen LogP contribution in [0, 0.1) is 6.92 Å². The average Bonchev–Trinajstić information content (AvgIpc) is 2.82. The van der Waals surface area contributed by atoms with E-state index in [1.807, 2.05) is 23.7 Å². The molecule has 2 rings (SSSR count). The topological polar surface area (TPSA) is 24.9 Å². The summed E-state index contributed by atoms with van der Waals surface area (Å²) >= 11 is 1.84. The van der Waals surface area contributed by atoms with Crippen LogP contribution in [0.3, 0.4) is 0 Å². The minimum absolute atomic E-state index is 0.386. The molecule has 96 valence electrons. The highest BCUT2D eigenvalue weighted by Gasteiger charge is 2.22. The fraction of sp³-hybridized carbons (Fsp3) is 0.400. The van der Waals surface area contributed by atoms with E-state index in [9.17, 15) is 0 Å². The summed E-state index contributed by atoms with van der Waals surface area (Å²) < 4.78 is 0. The van der Waals surface area contributed by atoms with Crippen molar-refractivity contribution >= 4 is 11.3 Å². The molecule has 2 heterocycles. The van der Waals surface area contributed by atoms with Gasteiger partial charge in [-0.25, -0.2) is 0 Å². The summed E-state index contributed by atoms with van der Waals surface area (Å²) in [5.41, 5.74) is 2.72. The number of nitrogens with one attached hydrogen (secondary N) is 1. The molecule has 1 N–H and O–H groups in total. The maximum Gasteiger partial charge on any atom is 0.0484 e.